The molecule has 278 valence electrons. The van der Waals surface area contributed by atoms with Crippen LogP contribution in [0, 0.1) is 5.82 Å². The van der Waals surface area contributed by atoms with E-state index in [4.69, 9.17) is 0 Å². The van der Waals surface area contributed by atoms with Crippen LogP contribution in [0.1, 0.15) is 57.9 Å². The lowest BCUT2D eigenvalue weighted by Gasteiger charge is -2.38. The average Bonchev–Trinajstić information content (AvgIpc) is 3.73. The van der Waals surface area contributed by atoms with Gasteiger partial charge in [0.25, 0.3) is 0 Å². The number of benzene rings is 3. The Hall–Kier alpha value is -5.70. The number of fused-ring (bicyclic) bond motifs is 2. The van der Waals surface area contributed by atoms with Crippen LogP contribution in [-0.4, -0.2) is 62.4 Å². The molecule has 2 N–H and O–H groups in total. The third-order valence-electron chi connectivity index (χ3n) is 10.8. The van der Waals surface area contributed by atoms with Gasteiger partial charge in [-0.15, -0.1) is 6.58 Å². The van der Waals surface area contributed by atoms with Gasteiger partial charge in [0, 0.05) is 82.9 Å². The second-order valence-electron chi connectivity index (χ2n) is 14.4. The smallest absolute Gasteiger partial charge is 0.162 e. The molecule has 9 heteroatoms. The number of aromatic nitrogens is 5. The topological polar surface area (TPSA) is 77.9 Å². The molecule has 6 aromatic rings. The second-order valence-corrected chi connectivity index (χ2v) is 14.4. The normalized spacial score (nSPS) is 13.8. The van der Waals surface area contributed by atoms with Crippen LogP contribution in [0.3, 0.4) is 0 Å². The van der Waals surface area contributed by atoms with Crippen LogP contribution in [0.25, 0.3) is 57.6 Å². The summed E-state index contributed by atoms with van der Waals surface area (Å²) >= 11 is 0. The number of rotatable bonds is 16. The first-order valence-corrected chi connectivity index (χ1v) is 19.2. The maximum atomic E-state index is 14.4. The van der Waals surface area contributed by atoms with E-state index in [1.807, 2.05) is 6.08 Å². The molecular formula is C45H51FN8. The molecule has 1 aliphatic rings. The number of allylic oxidation sites excluding steroid dienone is 2. The van der Waals surface area contributed by atoms with E-state index in [1.54, 1.807) is 24.4 Å². The minimum Gasteiger partial charge on any atom is -0.385 e. The van der Waals surface area contributed by atoms with Gasteiger partial charge in [-0.2, -0.15) is 5.10 Å². The molecule has 0 radical (unpaired) electrons. The molecule has 1 fully saturated rings. The summed E-state index contributed by atoms with van der Waals surface area (Å²) in [5.74, 6) is -0.00597. The second kappa shape index (κ2) is 16.5. The molecule has 0 amide bonds. The van der Waals surface area contributed by atoms with Gasteiger partial charge >= 0.3 is 0 Å². The standard InChI is InChI=1S/C45H51FN8/c1-6-7-14-32(3)54-33(4)38-23-20-36(29-40(38)34(54)5)47-24-13-9-8-10-15-31(2)52-25-27-53(28-26-52)37-21-18-35(19-22-37)43-44-42(50-51-43)30-48-45(49-44)39-16-11-12-17-41(39)46/h6,11-12,16-23,29-30,32,47H,1-2,4-5,7-10,13-15,24-28H2,3H3,(H,50,51). The third kappa shape index (κ3) is 7.81. The van der Waals surface area contributed by atoms with Gasteiger partial charge in [0.05, 0.1) is 11.8 Å². The maximum absolute atomic E-state index is 14.4. The summed E-state index contributed by atoms with van der Waals surface area (Å²) in [6.07, 6.45) is 11.4. The van der Waals surface area contributed by atoms with Gasteiger partial charge < -0.3 is 19.7 Å². The molecule has 1 unspecified atom stereocenters. The van der Waals surface area contributed by atoms with Gasteiger partial charge in [0.15, 0.2) is 5.82 Å². The number of H-pyrrole nitrogens is 1. The molecule has 1 atom stereocenters. The van der Waals surface area contributed by atoms with Crippen LogP contribution in [0.15, 0.2) is 97.9 Å². The van der Waals surface area contributed by atoms with Gasteiger partial charge in [-0.25, -0.2) is 14.4 Å². The van der Waals surface area contributed by atoms with Crippen molar-refractivity contribution in [1.29, 1.82) is 0 Å². The van der Waals surface area contributed by atoms with E-state index in [9.17, 15) is 4.39 Å². The molecule has 4 heterocycles. The van der Waals surface area contributed by atoms with E-state index in [0.717, 1.165) is 92.5 Å². The zero-order chi connectivity index (χ0) is 37.6. The Morgan fingerprint density at radius 2 is 1.70 bits per heavy atom. The van der Waals surface area contributed by atoms with Crippen LogP contribution >= 0.6 is 0 Å². The molecule has 54 heavy (non-hydrogen) atoms. The first-order chi connectivity index (χ1) is 26.3. The van der Waals surface area contributed by atoms with Gasteiger partial charge in [0.2, 0.25) is 0 Å². The fourth-order valence-electron chi connectivity index (χ4n) is 7.68. The highest BCUT2D eigenvalue weighted by atomic mass is 19.1. The number of halogens is 1. The van der Waals surface area contributed by atoms with Crippen molar-refractivity contribution < 1.29 is 4.39 Å². The summed E-state index contributed by atoms with van der Waals surface area (Å²) in [4.78, 5) is 13.9. The summed E-state index contributed by atoms with van der Waals surface area (Å²) in [7, 11) is 0. The Morgan fingerprint density at radius 1 is 0.944 bits per heavy atom. The zero-order valence-corrected chi connectivity index (χ0v) is 31.5. The molecular weight excluding hydrogens is 672 g/mol. The van der Waals surface area contributed by atoms with Crippen LogP contribution < -0.4 is 20.9 Å². The van der Waals surface area contributed by atoms with E-state index in [-0.39, 0.29) is 5.82 Å². The maximum Gasteiger partial charge on any atom is 0.162 e. The summed E-state index contributed by atoms with van der Waals surface area (Å²) in [5.41, 5.74) is 7.01. The largest absolute Gasteiger partial charge is 0.385 e. The predicted octanol–water partition coefficient (Wildman–Crippen LogP) is 8.83. The molecule has 3 aromatic heterocycles. The van der Waals surface area contributed by atoms with Gasteiger partial charge in [-0.1, -0.05) is 69.0 Å². The molecule has 1 saturated heterocycles. The van der Waals surface area contributed by atoms with Crippen molar-refractivity contribution in [3.05, 3.63) is 114 Å². The SMILES string of the molecule is C=CCCC(C)n1c(=C)c2ccc(NCCCCCCC(=C)N3CCN(c4ccc(-c5n[nH]c6cnc(-c7ccccc7F)nc56)cc4)CC3)cc2c1=C. The van der Waals surface area contributed by atoms with Crippen molar-refractivity contribution in [3.63, 3.8) is 0 Å². The highest BCUT2D eigenvalue weighted by molar-refractivity contribution is 5.90. The van der Waals surface area contributed by atoms with Crippen LogP contribution in [-0.2, 0) is 0 Å². The Morgan fingerprint density at radius 3 is 2.48 bits per heavy atom. The number of aromatic amines is 1. The molecule has 0 saturated carbocycles. The van der Waals surface area contributed by atoms with Gasteiger partial charge in [-0.05, 0) is 75.4 Å². The lowest BCUT2D eigenvalue weighted by atomic mass is 10.1. The highest BCUT2D eigenvalue weighted by Gasteiger charge is 2.19. The monoisotopic (exact) mass is 722 g/mol. The Kier molecular flexibility index (Phi) is 11.2. The Labute approximate surface area is 317 Å². The Balaban J connectivity index is 0.833. The fourth-order valence-corrected chi connectivity index (χ4v) is 7.68. The van der Waals surface area contributed by atoms with Crippen LogP contribution in [0.4, 0.5) is 15.8 Å². The van der Waals surface area contributed by atoms with Crippen molar-refractivity contribution in [3.8, 4) is 22.6 Å². The molecule has 8 nitrogen and oxygen atoms in total. The molecule has 3 aromatic carbocycles. The summed E-state index contributed by atoms with van der Waals surface area (Å²) in [6.45, 7) is 24.1. The van der Waals surface area contributed by atoms with Crippen molar-refractivity contribution in [2.24, 2.45) is 0 Å². The minimum atomic E-state index is -0.349. The average molecular weight is 723 g/mol. The summed E-state index contributed by atoms with van der Waals surface area (Å²) in [5, 5.41) is 15.6. The van der Waals surface area contributed by atoms with E-state index in [0.29, 0.717) is 28.5 Å². The number of nitrogens with zero attached hydrogens (tertiary/aromatic N) is 6. The molecule has 7 rings (SSSR count). The van der Waals surface area contributed by atoms with Crippen molar-refractivity contribution in [2.45, 2.75) is 57.9 Å². The number of hydrogen-bond donors (Lipinski definition) is 2. The van der Waals surface area contributed by atoms with Crippen LogP contribution in [0.2, 0.25) is 0 Å². The fraction of sp³-hybridized carbons (Fsp3) is 0.311. The zero-order valence-electron chi connectivity index (χ0n) is 31.5. The van der Waals surface area contributed by atoms with Crippen molar-refractivity contribution >= 4 is 46.3 Å². The first-order valence-electron chi connectivity index (χ1n) is 19.2. The van der Waals surface area contributed by atoms with E-state index in [1.165, 1.54) is 41.1 Å². The Bertz CT molecular complexity index is 2350. The lowest BCUT2D eigenvalue weighted by molar-refractivity contribution is 0.310. The van der Waals surface area contributed by atoms with Gasteiger partial charge in [0.1, 0.15) is 22.5 Å². The predicted molar refractivity (Wildman–Crippen MR) is 223 cm³/mol. The van der Waals surface area contributed by atoms with E-state index < -0.39 is 0 Å². The van der Waals surface area contributed by atoms with E-state index in [2.05, 4.69) is 116 Å². The number of hydrogen-bond acceptors (Lipinski definition) is 6. The van der Waals surface area contributed by atoms with Crippen molar-refractivity contribution in [1.82, 2.24) is 29.6 Å². The molecule has 0 spiro atoms. The molecule has 0 aliphatic carbocycles. The third-order valence-corrected chi connectivity index (χ3v) is 10.8. The molecule has 1 aliphatic heterocycles. The van der Waals surface area contributed by atoms with E-state index >= 15 is 0 Å². The van der Waals surface area contributed by atoms with Crippen molar-refractivity contribution in [2.75, 3.05) is 42.9 Å². The number of anilines is 2. The number of piperazine rings is 1. The van der Waals surface area contributed by atoms with Crippen LogP contribution in [0.5, 0.6) is 0 Å². The number of nitrogens with one attached hydrogen (secondary N) is 2. The highest BCUT2D eigenvalue weighted by Crippen LogP contribution is 2.29. The first kappa shape index (κ1) is 36.6. The summed E-state index contributed by atoms with van der Waals surface area (Å²) < 4.78 is 16.7. The molecule has 0 bridgehead atoms. The lowest BCUT2D eigenvalue weighted by Crippen LogP contribution is -2.45. The van der Waals surface area contributed by atoms with Gasteiger partial charge in [-0.3, -0.25) is 5.10 Å². The quantitative estimate of drug-likeness (QED) is 0.0769. The minimum absolute atomic E-state index is 0.343. The number of unbranched alkanes of at least 4 members (excludes halogenated alkanes) is 3. The summed E-state index contributed by atoms with van der Waals surface area (Å²) in [6, 6.07) is 21.9.